The third-order valence-electron chi connectivity index (χ3n) is 3.07. The Morgan fingerprint density at radius 2 is 2.05 bits per heavy atom. The number of benzene rings is 1. The number of carbonyl (C=O) groups is 1. The third-order valence-corrected chi connectivity index (χ3v) is 6.06. The van der Waals surface area contributed by atoms with Gasteiger partial charge in [-0.05, 0) is 18.2 Å². The van der Waals surface area contributed by atoms with E-state index in [1.54, 1.807) is 13.0 Å². The number of carbonyl (C=O) groups excluding carboxylic acids is 1. The van der Waals surface area contributed by atoms with Crippen LogP contribution in [0.2, 0.25) is 0 Å². The quantitative estimate of drug-likeness (QED) is 0.908. The molecule has 0 aliphatic carbocycles. The van der Waals surface area contributed by atoms with Crippen molar-refractivity contribution in [1.29, 1.82) is 0 Å². The van der Waals surface area contributed by atoms with Crippen molar-refractivity contribution in [2.45, 2.75) is 11.8 Å². The van der Waals surface area contributed by atoms with Crippen LogP contribution in [0.25, 0.3) is 0 Å². The molecule has 0 radical (unpaired) electrons. The van der Waals surface area contributed by atoms with Gasteiger partial charge in [-0.2, -0.15) is 0 Å². The molecular formula is C14H15FN2O3S2. The van der Waals surface area contributed by atoms with Crippen LogP contribution >= 0.6 is 11.3 Å². The summed E-state index contributed by atoms with van der Waals surface area (Å²) in [4.78, 5) is 12.3. The SMILES string of the molecule is CCN(C)S(=O)(=O)c1csc(C(=O)Nc2ccccc2F)c1. The molecule has 0 aliphatic heterocycles. The highest BCUT2D eigenvalue weighted by molar-refractivity contribution is 7.89. The molecule has 0 spiro atoms. The molecule has 1 amide bonds. The van der Waals surface area contributed by atoms with Gasteiger partial charge in [0.15, 0.2) is 0 Å². The van der Waals surface area contributed by atoms with Gasteiger partial charge in [0.25, 0.3) is 5.91 Å². The number of nitrogens with zero attached hydrogens (tertiary/aromatic N) is 1. The number of halogens is 1. The van der Waals surface area contributed by atoms with Crippen molar-refractivity contribution in [2.75, 3.05) is 18.9 Å². The Morgan fingerprint density at radius 3 is 2.68 bits per heavy atom. The Morgan fingerprint density at radius 1 is 1.36 bits per heavy atom. The Hall–Kier alpha value is -1.77. The first kappa shape index (κ1) is 16.6. The molecule has 0 saturated carbocycles. The molecule has 1 aromatic carbocycles. The summed E-state index contributed by atoms with van der Waals surface area (Å²) in [5.74, 6) is -1.10. The fourth-order valence-corrected chi connectivity index (χ4v) is 4.01. The minimum absolute atomic E-state index is 0.0518. The van der Waals surface area contributed by atoms with Crippen molar-refractivity contribution < 1.29 is 17.6 Å². The normalized spacial score (nSPS) is 11.6. The van der Waals surface area contributed by atoms with Gasteiger partial charge in [0.1, 0.15) is 5.82 Å². The van der Waals surface area contributed by atoms with E-state index in [-0.39, 0.29) is 15.5 Å². The molecule has 8 heteroatoms. The minimum atomic E-state index is -3.59. The molecule has 0 atom stereocenters. The summed E-state index contributed by atoms with van der Waals surface area (Å²) >= 11 is 0.997. The molecule has 2 rings (SSSR count). The highest BCUT2D eigenvalue weighted by Crippen LogP contribution is 2.23. The summed E-state index contributed by atoms with van der Waals surface area (Å²) in [7, 11) is -2.13. The van der Waals surface area contributed by atoms with Gasteiger partial charge in [-0.15, -0.1) is 11.3 Å². The maximum absolute atomic E-state index is 13.5. The maximum atomic E-state index is 13.5. The van der Waals surface area contributed by atoms with Crippen molar-refractivity contribution in [1.82, 2.24) is 4.31 Å². The number of amides is 1. The fraction of sp³-hybridized carbons (Fsp3) is 0.214. The lowest BCUT2D eigenvalue weighted by atomic mass is 10.3. The van der Waals surface area contributed by atoms with Gasteiger partial charge in [-0.25, -0.2) is 17.1 Å². The molecule has 1 N–H and O–H groups in total. The molecule has 1 heterocycles. The number of hydrogen-bond acceptors (Lipinski definition) is 4. The van der Waals surface area contributed by atoms with Crippen LogP contribution < -0.4 is 5.32 Å². The second-order valence-electron chi connectivity index (χ2n) is 4.50. The van der Waals surface area contributed by atoms with E-state index in [1.807, 2.05) is 0 Å². The lowest BCUT2D eigenvalue weighted by Gasteiger charge is -2.12. The molecule has 22 heavy (non-hydrogen) atoms. The van der Waals surface area contributed by atoms with E-state index in [0.717, 1.165) is 11.3 Å². The Labute approximate surface area is 132 Å². The third kappa shape index (κ3) is 3.34. The molecule has 0 bridgehead atoms. The summed E-state index contributed by atoms with van der Waals surface area (Å²) in [5.41, 5.74) is 0.0518. The van der Waals surface area contributed by atoms with E-state index >= 15 is 0 Å². The van der Waals surface area contributed by atoms with Gasteiger partial charge in [0.05, 0.1) is 15.5 Å². The first-order chi connectivity index (χ1) is 10.4. The van der Waals surface area contributed by atoms with Crippen LogP contribution in [0.4, 0.5) is 10.1 Å². The number of rotatable bonds is 5. The number of sulfonamides is 1. The van der Waals surface area contributed by atoms with Gasteiger partial charge in [0, 0.05) is 19.0 Å². The van der Waals surface area contributed by atoms with Crippen molar-refractivity contribution in [2.24, 2.45) is 0 Å². The molecule has 1 aromatic heterocycles. The summed E-state index contributed by atoms with van der Waals surface area (Å²) < 4.78 is 39.0. The first-order valence-corrected chi connectivity index (χ1v) is 8.79. The van der Waals surface area contributed by atoms with Gasteiger partial charge < -0.3 is 5.32 Å². The van der Waals surface area contributed by atoms with Crippen LogP contribution in [0.5, 0.6) is 0 Å². The van der Waals surface area contributed by atoms with Crippen molar-refractivity contribution >= 4 is 33.0 Å². The predicted octanol–water partition coefficient (Wildman–Crippen LogP) is 2.78. The molecule has 0 fully saturated rings. The van der Waals surface area contributed by atoms with Gasteiger partial charge in [0.2, 0.25) is 10.0 Å². The molecule has 0 unspecified atom stereocenters. The minimum Gasteiger partial charge on any atom is -0.319 e. The van der Waals surface area contributed by atoms with Crippen molar-refractivity contribution in [3.05, 3.63) is 46.4 Å². The average Bonchev–Trinajstić information content (AvgIpc) is 2.99. The van der Waals surface area contributed by atoms with Crippen molar-refractivity contribution in [3.63, 3.8) is 0 Å². The highest BCUT2D eigenvalue weighted by atomic mass is 32.2. The fourth-order valence-electron chi connectivity index (χ4n) is 1.67. The number of thiophene rings is 1. The van der Waals surface area contributed by atoms with E-state index in [4.69, 9.17) is 0 Å². The van der Waals surface area contributed by atoms with Crippen LogP contribution in [0.1, 0.15) is 16.6 Å². The van der Waals surface area contributed by atoms with Crippen LogP contribution in [0.3, 0.4) is 0 Å². The maximum Gasteiger partial charge on any atom is 0.265 e. The largest absolute Gasteiger partial charge is 0.319 e. The summed E-state index contributed by atoms with van der Waals surface area (Å²) in [6, 6.07) is 7.07. The monoisotopic (exact) mass is 342 g/mol. The molecular weight excluding hydrogens is 327 g/mol. The van der Waals surface area contributed by atoms with E-state index < -0.39 is 21.7 Å². The van der Waals surface area contributed by atoms with Gasteiger partial charge in [-0.3, -0.25) is 4.79 Å². The molecule has 118 valence electrons. The first-order valence-electron chi connectivity index (χ1n) is 6.47. The molecule has 2 aromatic rings. The zero-order chi connectivity index (χ0) is 16.3. The predicted molar refractivity (Wildman–Crippen MR) is 84.2 cm³/mol. The van der Waals surface area contributed by atoms with Crippen LogP contribution in [0, 0.1) is 5.82 Å². The summed E-state index contributed by atoms with van der Waals surface area (Å²) in [5, 5.41) is 3.82. The van der Waals surface area contributed by atoms with Crippen LogP contribution in [-0.4, -0.2) is 32.2 Å². The number of anilines is 1. The van der Waals surface area contributed by atoms with Crippen molar-refractivity contribution in [3.8, 4) is 0 Å². The highest BCUT2D eigenvalue weighted by Gasteiger charge is 2.22. The topological polar surface area (TPSA) is 66.5 Å². The average molecular weight is 342 g/mol. The van der Waals surface area contributed by atoms with E-state index in [0.29, 0.717) is 6.54 Å². The molecule has 0 saturated heterocycles. The number of para-hydroxylation sites is 1. The lowest BCUT2D eigenvalue weighted by molar-refractivity contribution is 0.103. The Balaban J connectivity index is 2.22. The van der Waals surface area contributed by atoms with E-state index in [2.05, 4.69) is 5.32 Å². The Kier molecular flexibility index (Phi) is 4.94. The Bertz CT molecular complexity index is 787. The number of hydrogen-bond donors (Lipinski definition) is 1. The zero-order valence-corrected chi connectivity index (χ0v) is 13.7. The van der Waals surface area contributed by atoms with Gasteiger partial charge in [-0.1, -0.05) is 19.1 Å². The van der Waals surface area contributed by atoms with Crippen LogP contribution in [0.15, 0.2) is 40.6 Å². The zero-order valence-electron chi connectivity index (χ0n) is 12.0. The summed E-state index contributed by atoms with van der Waals surface area (Å²) in [6.07, 6.45) is 0. The summed E-state index contributed by atoms with van der Waals surface area (Å²) in [6.45, 7) is 2.05. The second kappa shape index (κ2) is 6.55. The van der Waals surface area contributed by atoms with E-state index in [1.165, 1.54) is 41.0 Å². The van der Waals surface area contributed by atoms with E-state index in [9.17, 15) is 17.6 Å². The number of nitrogens with one attached hydrogen (secondary N) is 1. The lowest BCUT2D eigenvalue weighted by Crippen LogP contribution is -2.26. The molecule has 5 nitrogen and oxygen atoms in total. The smallest absolute Gasteiger partial charge is 0.265 e. The van der Waals surface area contributed by atoms with Gasteiger partial charge >= 0.3 is 0 Å². The second-order valence-corrected chi connectivity index (χ2v) is 7.46. The molecule has 0 aliphatic rings. The van der Waals surface area contributed by atoms with Crippen LogP contribution in [-0.2, 0) is 10.0 Å². The standard InChI is InChI=1S/C14H15FN2O3S2/c1-3-17(2)22(19,20)10-8-13(21-9-10)14(18)16-12-7-5-4-6-11(12)15/h4-9H,3H2,1-2H3,(H,16,18).